The van der Waals surface area contributed by atoms with Crippen LogP contribution in [-0.4, -0.2) is 23.5 Å². The van der Waals surface area contributed by atoms with E-state index >= 15 is 0 Å². The zero-order chi connectivity index (χ0) is 23.5. The third-order valence-electron chi connectivity index (χ3n) is 5.70. The average Bonchev–Trinajstić information content (AvgIpc) is 3.36. The second-order valence-corrected chi connectivity index (χ2v) is 10.2. The highest BCUT2D eigenvalue weighted by Crippen LogP contribution is 2.36. The van der Waals surface area contributed by atoms with E-state index in [9.17, 15) is 9.59 Å². The predicted molar refractivity (Wildman–Crippen MR) is 145 cm³/mol. The third kappa shape index (κ3) is 4.90. The number of esters is 1. The number of hydrogen-bond acceptors (Lipinski definition) is 5. The fourth-order valence-electron chi connectivity index (χ4n) is 4.19. The molecular weight excluding hydrogens is 559 g/mol. The van der Waals surface area contributed by atoms with Crippen molar-refractivity contribution in [2.24, 2.45) is 0 Å². The van der Waals surface area contributed by atoms with Gasteiger partial charge in [-0.3, -0.25) is 4.79 Å². The number of carbonyl (C=O) groups excluding carboxylic acids is 2. The van der Waals surface area contributed by atoms with E-state index in [2.05, 4.69) is 40.1 Å². The molecule has 5 rings (SSSR count). The number of pyridine rings is 1. The summed E-state index contributed by atoms with van der Waals surface area (Å²) in [5.41, 5.74) is 4.80. The first-order chi connectivity index (χ1) is 16.6. The maximum atomic E-state index is 13.3. The van der Waals surface area contributed by atoms with Crippen molar-refractivity contribution in [1.82, 2.24) is 4.98 Å². The first kappa shape index (κ1) is 22.7. The van der Waals surface area contributed by atoms with Crippen LogP contribution in [0.1, 0.15) is 39.3 Å². The van der Waals surface area contributed by atoms with Gasteiger partial charge in [-0.15, -0.1) is 11.3 Å². The largest absolute Gasteiger partial charge is 0.452 e. The summed E-state index contributed by atoms with van der Waals surface area (Å²) in [6.07, 6.45) is 4.74. The number of nitrogens with zero attached hydrogens (tertiary/aromatic N) is 1. The first-order valence-electron chi connectivity index (χ1n) is 11.0. The Morgan fingerprint density at radius 3 is 2.68 bits per heavy atom. The van der Waals surface area contributed by atoms with Crippen LogP contribution in [-0.2, 0) is 16.0 Å². The molecule has 170 valence electrons. The van der Waals surface area contributed by atoms with Gasteiger partial charge in [0.25, 0.3) is 5.91 Å². The number of allylic oxidation sites excluding steroid dienone is 1. The molecule has 5 nitrogen and oxygen atoms in total. The molecule has 0 bridgehead atoms. The molecule has 0 fully saturated rings. The van der Waals surface area contributed by atoms with Crippen molar-refractivity contribution in [2.75, 3.05) is 11.9 Å². The topological polar surface area (TPSA) is 68.3 Å². The van der Waals surface area contributed by atoms with Crippen LogP contribution in [0.15, 0.2) is 66.0 Å². The average molecular weight is 580 g/mol. The Labute approximate surface area is 215 Å². The number of ether oxygens (including phenoxy) is 1. The van der Waals surface area contributed by atoms with Gasteiger partial charge in [0, 0.05) is 19.5 Å². The standard InChI is InChI=1S/C27H21IN2O3S/c28-18-10-12-19(13-11-18)29-24(31)16-33-27(32)25-21-7-1-2-9-23(21)30-26-17(5-3-8-22(25)26)15-20-6-4-14-34-20/h1-2,4,6-7,9-15H,3,5,8,16H2,(H,29,31). The lowest BCUT2D eigenvalue weighted by molar-refractivity contribution is -0.119. The lowest BCUT2D eigenvalue weighted by atomic mass is 9.86. The second-order valence-electron chi connectivity index (χ2n) is 8.00. The van der Waals surface area contributed by atoms with Crippen molar-refractivity contribution >= 4 is 74.0 Å². The zero-order valence-electron chi connectivity index (χ0n) is 18.2. The lowest BCUT2D eigenvalue weighted by Crippen LogP contribution is -2.22. The summed E-state index contributed by atoms with van der Waals surface area (Å²) in [6, 6.07) is 19.1. The number of para-hydroxylation sites is 1. The molecule has 7 heteroatoms. The molecule has 0 radical (unpaired) electrons. The molecule has 0 spiro atoms. The molecule has 1 aliphatic carbocycles. The minimum absolute atomic E-state index is 0.353. The predicted octanol–water partition coefficient (Wildman–Crippen LogP) is 6.57. The number of thiophene rings is 1. The van der Waals surface area contributed by atoms with Gasteiger partial charge < -0.3 is 10.1 Å². The van der Waals surface area contributed by atoms with Gasteiger partial charge in [0.15, 0.2) is 6.61 Å². The molecule has 0 aliphatic heterocycles. The summed E-state index contributed by atoms with van der Waals surface area (Å²) < 4.78 is 6.58. The minimum atomic E-state index is -0.495. The van der Waals surface area contributed by atoms with E-state index in [1.54, 1.807) is 11.3 Å². The number of rotatable bonds is 5. The summed E-state index contributed by atoms with van der Waals surface area (Å²) in [5, 5.41) is 5.57. The Morgan fingerprint density at radius 2 is 1.88 bits per heavy atom. The van der Waals surface area contributed by atoms with Gasteiger partial charge in [0.1, 0.15) is 0 Å². The van der Waals surface area contributed by atoms with Crippen molar-refractivity contribution in [1.29, 1.82) is 0 Å². The molecule has 1 aliphatic rings. The van der Waals surface area contributed by atoms with Gasteiger partial charge in [-0.2, -0.15) is 0 Å². The quantitative estimate of drug-likeness (QED) is 0.214. The summed E-state index contributed by atoms with van der Waals surface area (Å²) in [6.45, 7) is -0.353. The Morgan fingerprint density at radius 1 is 1.06 bits per heavy atom. The monoisotopic (exact) mass is 580 g/mol. The Kier molecular flexibility index (Phi) is 6.73. The molecule has 0 unspecified atom stereocenters. The number of aromatic nitrogens is 1. The Balaban J connectivity index is 1.44. The molecule has 0 saturated carbocycles. The van der Waals surface area contributed by atoms with Gasteiger partial charge in [-0.25, -0.2) is 9.78 Å². The highest BCUT2D eigenvalue weighted by molar-refractivity contribution is 14.1. The van der Waals surface area contributed by atoms with E-state index in [1.807, 2.05) is 60.0 Å². The molecule has 2 aromatic heterocycles. The fraction of sp³-hybridized carbons (Fsp3) is 0.148. The maximum Gasteiger partial charge on any atom is 0.339 e. The molecule has 4 aromatic rings. The minimum Gasteiger partial charge on any atom is -0.452 e. The smallest absolute Gasteiger partial charge is 0.339 e. The third-order valence-corrected chi connectivity index (χ3v) is 7.23. The maximum absolute atomic E-state index is 13.3. The van der Waals surface area contributed by atoms with Gasteiger partial charge in [-0.05, 0) is 101 Å². The van der Waals surface area contributed by atoms with Crippen LogP contribution < -0.4 is 5.32 Å². The SMILES string of the molecule is O=C(COC(=O)c1c2c(nc3ccccc13)C(=Cc1cccs1)CCC2)Nc1ccc(I)cc1. The van der Waals surface area contributed by atoms with Crippen LogP contribution in [0.25, 0.3) is 22.6 Å². The lowest BCUT2D eigenvalue weighted by Gasteiger charge is -2.22. The van der Waals surface area contributed by atoms with E-state index < -0.39 is 5.97 Å². The van der Waals surface area contributed by atoms with Crippen LogP contribution >= 0.6 is 33.9 Å². The fourth-order valence-corrected chi connectivity index (χ4v) is 5.23. The van der Waals surface area contributed by atoms with Crippen molar-refractivity contribution in [3.05, 3.63) is 91.3 Å². The molecule has 2 aromatic carbocycles. The van der Waals surface area contributed by atoms with Gasteiger partial charge in [0.05, 0.1) is 16.8 Å². The number of hydrogen-bond donors (Lipinski definition) is 1. The van der Waals surface area contributed by atoms with Crippen LogP contribution in [0.4, 0.5) is 5.69 Å². The van der Waals surface area contributed by atoms with E-state index in [0.717, 1.165) is 55.4 Å². The van der Waals surface area contributed by atoms with Crippen molar-refractivity contribution in [3.63, 3.8) is 0 Å². The molecular formula is C27H21IN2O3S. The van der Waals surface area contributed by atoms with Crippen molar-refractivity contribution in [2.45, 2.75) is 19.3 Å². The number of halogens is 1. The van der Waals surface area contributed by atoms with Crippen LogP contribution in [0.3, 0.4) is 0 Å². The summed E-state index contributed by atoms with van der Waals surface area (Å²) in [5.74, 6) is -0.870. The van der Waals surface area contributed by atoms with Gasteiger partial charge >= 0.3 is 5.97 Å². The molecule has 0 saturated heterocycles. The number of fused-ring (bicyclic) bond motifs is 2. The van der Waals surface area contributed by atoms with E-state index in [-0.39, 0.29) is 12.5 Å². The van der Waals surface area contributed by atoms with Crippen LogP contribution in [0.2, 0.25) is 0 Å². The van der Waals surface area contributed by atoms with E-state index in [0.29, 0.717) is 11.3 Å². The summed E-state index contributed by atoms with van der Waals surface area (Å²) >= 11 is 3.88. The summed E-state index contributed by atoms with van der Waals surface area (Å²) in [4.78, 5) is 31.8. The molecule has 2 heterocycles. The first-order valence-corrected chi connectivity index (χ1v) is 12.9. The number of carbonyl (C=O) groups is 2. The van der Waals surface area contributed by atoms with Crippen LogP contribution in [0, 0.1) is 3.57 Å². The molecule has 1 amide bonds. The number of benzene rings is 2. The number of anilines is 1. The molecule has 0 atom stereocenters. The molecule has 1 N–H and O–H groups in total. The van der Waals surface area contributed by atoms with E-state index in [1.165, 1.54) is 0 Å². The Hall–Kier alpha value is -3.04. The van der Waals surface area contributed by atoms with Gasteiger partial charge in [0.2, 0.25) is 0 Å². The normalized spacial score (nSPS) is 14.1. The second kappa shape index (κ2) is 10.1. The van der Waals surface area contributed by atoms with Crippen molar-refractivity contribution < 1.29 is 14.3 Å². The Bertz CT molecular complexity index is 1400. The van der Waals surface area contributed by atoms with E-state index in [4.69, 9.17) is 9.72 Å². The number of amides is 1. The molecule has 34 heavy (non-hydrogen) atoms. The van der Waals surface area contributed by atoms with Crippen molar-refractivity contribution in [3.8, 4) is 0 Å². The number of nitrogens with one attached hydrogen (secondary N) is 1. The summed E-state index contributed by atoms with van der Waals surface area (Å²) in [7, 11) is 0. The highest BCUT2D eigenvalue weighted by Gasteiger charge is 2.26. The van der Waals surface area contributed by atoms with Crippen LogP contribution in [0.5, 0.6) is 0 Å². The van der Waals surface area contributed by atoms with Gasteiger partial charge in [-0.1, -0.05) is 24.3 Å². The highest BCUT2D eigenvalue weighted by atomic mass is 127. The zero-order valence-corrected chi connectivity index (χ0v) is 21.2.